The molecule has 0 radical (unpaired) electrons. The van der Waals surface area contributed by atoms with Gasteiger partial charge in [-0.25, -0.2) is 0 Å². The van der Waals surface area contributed by atoms with Crippen molar-refractivity contribution in [2.24, 2.45) is 0 Å². The van der Waals surface area contributed by atoms with Gasteiger partial charge in [0, 0.05) is 0 Å². The van der Waals surface area contributed by atoms with E-state index in [0.29, 0.717) is 0 Å². The van der Waals surface area contributed by atoms with Crippen molar-refractivity contribution in [2.75, 3.05) is 11.9 Å². The zero-order valence-electron chi connectivity index (χ0n) is 12.0. The molecule has 1 atom stereocenters. The number of anilines is 1. The summed E-state index contributed by atoms with van der Waals surface area (Å²) < 4.78 is 2.22. The van der Waals surface area contributed by atoms with E-state index in [2.05, 4.69) is 14.0 Å². The van der Waals surface area contributed by atoms with E-state index in [1.165, 1.54) is 6.92 Å². The molecular weight excluding hydrogens is 345 g/mol. The van der Waals surface area contributed by atoms with Crippen LogP contribution < -0.4 is 4.90 Å². The zero-order valence-corrected chi connectivity index (χ0v) is 15.3. The second-order valence-electron chi connectivity index (χ2n) is 4.96. The van der Waals surface area contributed by atoms with E-state index in [0.717, 1.165) is 17.5 Å². The summed E-state index contributed by atoms with van der Waals surface area (Å²) in [5.74, 6) is -0.229. The second-order valence-corrected chi connectivity index (χ2v) is 13.2. The van der Waals surface area contributed by atoms with E-state index in [1.807, 2.05) is 30.3 Å². The van der Waals surface area contributed by atoms with Crippen LogP contribution in [0.5, 0.6) is 0 Å². The molecule has 0 saturated carbocycles. The topological polar surface area (TPSA) is 37.4 Å². The van der Waals surface area contributed by atoms with Gasteiger partial charge in [-0.2, -0.15) is 0 Å². The quantitative estimate of drug-likeness (QED) is 0.594. The van der Waals surface area contributed by atoms with Crippen LogP contribution >= 0.6 is 0 Å². The fourth-order valence-corrected chi connectivity index (χ4v) is 3.65. The van der Waals surface area contributed by atoms with Crippen LogP contribution in [0, 0.1) is 0 Å². The van der Waals surface area contributed by atoms with Gasteiger partial charge >= 0.3 is 122 Å². The van der Waals surface area contributed by atoms with Crippen LogP contribution in [0.3, 0.4) is 0 Å². The molecule has 1 aromatic rings. The number of hydrogen-bond acceptors (Lipinski definition) is 2. The number of hydrogen-bond donors (Lipinski definition) is 0. The number of amides is 1. The van der Waals surface area contributed by atoms with Crippen molar-refractivity contribution in [3.63, 3.8) is 0 Å². The maximum atomic E-state index is 11.4. The Hall–Kier alpha value is -1.10. The van der Waals surface area contributed by atoms with Gasteiger partial charge in [0.05, 0.1) is 0 Å². The third-order valence-electron chi connectivity index (χ3n) is 2.96. The predicted molar refractivity (Wildman–Crippen MR) is 82.3 cm³/mol. The molecule has 3 nitrogen and oxygen atoms in total. The zero-order chi connectivity index (χ0) is 14.4. The molecule has 0 N–H and O–H groups in total. The van der Waals surface area contributed by atoms with Crippen LogP contribution in [0.2, 0.25) is 9.88 Å². The molecule has 102 valence electrons. The van der Waals surface area contributed by atoms with Crippen molar-refractivity contribution in [3.05, 3.63) is 40.0 Å². The number of nitrogens with zero attached hydrogens (tertiary/aromatic N) is 1. The van der Waals surface area contributed by atoms with Crippen molar-refractivity contribution in [1.82, 2.24) is 0 Å². The monoisotopic (exact) mass is 367 g/mol. The standard InChI is InChI=1S/C13H14NO2.2CH3.Sn.H/c1-4-11(9-15)12-6-5-7-13(8-12)14(3)10(2)16;;;;/h1,4-9,11H,2-3H3;2*1H3;;. The minimum atomic E-state index is -1.44. The van der Waals surface area contributed by atoms with Gasteiger partial charge in [-0.1, -0.05) is 0 Å². The third kappa shape index (κ3) is 4.82. The van der Waals surface area contributed by atoms with E-state index < -0.39 is 19.8 Å². The molecule has 0 aliphatic carbocycles. The van der Waals surface area contributed by atoms with Gasteiger partial charge in [-0.05, 0) is 0 Å². The number of carbonyl (C=O) groups is 2. The number of allylic oxidation sites excluding steroid dienone is 1. The summed E-state index contributed by atoms with van der Waals surface area (Å²) >= 11 is -1.44. The molecule has 0 bridgehead atoms. The molecular formula is C15H21NO2Sn. The molecule has 0 aliphatic rings. The Bertz CT molecular complexity index is 483. The molecule has 0 fully saturated rings. The third-order valence-corrected chi connectivity index (χ3v) is 5.80. The summed E-state index contributed by atoms with van der Waals surface area (Å²) in [6, 6.07) is 7.59. The number of benzene rings is 1. The van der Waals surface area contributed by atoms with Crippen molar-refractivity contribution in [1.29, 1.82) is 0 Å². The van der Waals surface area contributed by atoms with E-state index in [4.69, 9.17) is 0 Å². The van der Waals surface area contributed by atoms with Crippen LogP contribution in [0.15, 0.2) is 34.4 Å². The van der Waals surface area contributed by atoms with Gasteiger partial charge in [0.2, 0.25) is 0 Å². The molecule has 0 saturated heterocycles. The van der Waals surface area contributed by atoms with Crippen molar-refractivity contribution in [2.45, 2.75) is 22.7 Å². The first-order valence-corrected chi connectivity index (χ1v) is 14.9. The SMILES string of the molecule is CC(=O)N(C)c1cccc(C(C=O)C=[CH][SnH]([CH3])[CH3])c1. The molecule has 1 amide bonds. The first-order chi connectivity index (χ1) is 8.95. The summed E-state index contributed by atoms with van der Waals surface area (Å²) in [6.45, 7) is 1.52. The van der Waals surface area contributed by atoms with E-state index in [1.54, 1.807) is 11.9 Å². The average Bonchev–Trinajstić information content (AvgIpc) is 2.38. The number of rotatable bonds is 5. The van der Waals surface area contributed by atoms with Crippen LogP contribution in [-0.2, 0) is 9.59 Å². The summed E-state index contributed by atoms with van der Waals surface area (Å²) in [5.41, 5.74) is 1.75. The van der Waals surface area contributed by atoms with Crippen LogP contribution in [-0.4, -0.2) is 39.0 Å². The van der Waals surface area contributed by atoms with Crippen LogP contribution in [0.25, 0.3) is 0 Å². The Morgan fingerprint density at radius 2 is 2.05 bits per heavy atom. The Morgan fingerprint density at radius 3 is 2.58 bits per heavy atom. The van der Waals surface area contributed by atoms with E-state index in [-0.39, 0.29) is 11.8 Å². The van der Waals surface area contributed by atoms with Crippen molar-refractivity contribution >= 4 is 37.6 Å². The van der Waals surface area contributed by atoms with Gasteiger partial charge in [0.25, 0.3) is 0 Å². The van der Waals surface area contributed by atoms with Gasteiger partial charge in [-0.15, -0.1) is 0 Å². The van der Waals surface area contributed by atoms with Crippen LogP contribution in [0.4, 0.5) is 5.69 Å². The second kappa shape index (κ2) is 7.48. The predicted octanol–water partition coefficient (Wildman–Crippen LogP) is 2.53. The molecule has 1 unspecified atom stereocenters. The summed E-state index contributed by atoms with van der Waals surface area (Å²) in [4.78, 5) is 28.7. The summed E-state index contributed by atoms with van der Waals surface area (Å²) in [7, 11) is 1.73. The first-order valence-electron chi connectivity index (χ1n) is 6.43. The Labute approximate surface area is 122 Å². The van der Waals surface area contributed by atoms with Gasteiger partial charge in [0.1, 0.15) is 0 Å². The first kappa shape index (κ1) is 16.0. The normalized spacial score (nSPS) is 12.7. The van der Waals surface area contributed by atoms with Crippen molar-refractivity contribution in [3.8, 4) is 0 Å². The van der Waals surface area contributed by atoms with Gasteiger partial charge in [0.15, 0.2) is 0 Å². The minimum absolute atomic E-state index is 0.0197. The number of aldehydes is 1. The van der Waals surface area contributed by atoms with Gasteiger partial charge < -0.3 is 0 Å². The fourth-order valence-electron chi connectivity index (χ4n) is 1.70. The van der Waals surface area contributed by atoms with E-state index >= 15 is 0 Å². The molecule has 0 aromatic heterocycles. The molecule has 4 heteroatoms. The molecule has 0 spiro atoms. The van der Waals surface area contributed by atoms with E-state index in [9.17, 15) is 9.59 Å². The molecule has 19 heavy (non-hydrogen) atoms. The maximum absolute atomic E-state index is 11.4. The Balaban J connectivity index is 3.02. The molecule has 1 aromatic carbocycles. The number of carbonyl (C=O) groups excluding carboxylic acids is 2. The summed E-state index contributed by atoms with van der Waals surface area (Å²) in [5, 5.41) is 0. The summed E-state index contributed by atoms with van der Waals surface area (Å²) in [6.07, 6.45) is 2.96. The average molecular weight is 366 g/mol. The Kier molecular flexibility index (Phi) is 6.28. The van der Waals surface area contributed by atoms with Crippen LogP contribution in [0.1, 0.15) is 18.4 Å². The Morgan fingerprint density at radius 1 is 1.37 bits per heavy atom. The van der Waals surface area contributed by atoms with Crippen molar-refractivity contribution < 1.29 is 9.59 Å². The van der Waals surface area contributed by atoms with Gasteiger partial charge in [-0.3, -0.25) is 0 Å². The molecule has 0 heterocycles. The molecule has 1 rings (SSSR count). The fraction of sp³-hybridized carbons (Fsp3) is 0.333. The molecule has 0 aliphatic heterocycles.